The van der Waals surface area contributed by atoms with Crippen LogP contribution in [0, 0.1) is 0 Å². The van der Waals surface area contributed by atoms with Crippen molar-refractivity contribution in [2.24, 2.45) is 0 Å². The van der Waals surface area contributed by atoms with E-state index >= 15 is 0 Å². The van der Waals surface area contributed by atoms with Crippen LogP contribution in [0.1, 0.15) is 37.7 Å². The fourth-order valence-corrected chi connectivity index (χ4v) is 1.66. The van der Waals surface area contributed by atoms with E-state index < -0.39 is 5.97 Å². The number of carboxylic acids is 1. The van der Waals surface area contributed by atoms with Crippen LogP contribution >= 0.6 is 0 Å². The second-order valence-corrected chi connectivity index (χ2v) is 4.20. The first-order chi connectivity index (χ1) is 7.97. The Balaban J connectivity index is 3.16. The first-order valence-corrected chi connectivity index (χ1v) is 5.73. The van der Waals surface area contributed by atoms with Crippen LogP contribution in [-0.2, 0) is 0 Å². The van der Waals surface area contributed by atoms with Gasteiger partial charge in [0.25, 0.3) is 0 Å². The quantitative estimate of drug-likeness (QED) is 0.818. The molecule has 0 aliphatic heterocycles. The molecule has 94 valence electrons. The highest BCUT2D eigenvalue weighted by molar-refractivity contribution is 5.87. The molecule has 0 saturated carbocycles. The molecular formula is C12H19N3O2. The molecule has 17 heavy (non-hydrogen) atoms. The fourth-order valence-electron chi connectivity index (χ4n) is 1.66. The van der Waals surface area contributed by atoms with Crippen LogP contribution in [0.25, 0.3) is 0 Å². The van der Waals surface area contributed by atoms with Crippen molar-refractivity contribution in [1.29, 1.82) is 0 Å². The van der Waals surface area contributed by atoms with Crippen molar-refractivity contribution in [2.75, 3.05) is 17.2 Å². The number of carboxylic acid groups (broad SMARTS) is 1. The minimum Gasteiger partial charge on any atom is -0.477 e. The molecule has 0 atom stereocenters. The van der Waals surface area contributed by atoms with Crippen molar-refractivity contribution in [3.8, 4) is 0 Å². The highest BCUT2D eigenvalue weighted by Gasteiger charge is 2.16. The number of nitrogen functional groups attached to an aromatic ring is 1. The second-order valence-electron chi connectivity index (χ2n) is 4.20. The van der Waals surface area contributed by atoms with E-state index in [1.807, 2.05) is 18.7 Å². The first-order valence-electron chi connectivity index (χ1n) is 5.73. The summed E-state index contributed by atoms with van der Waals surface area (Å²) in [7, 11) is 0. The molecule has 0 radical (unpaired) electrons. The van der Waals surface area contributed by atoms with Gasteiger partial charge in [-0.15, -0.1) is 0 Å². The van der Waals surface area contributed by atoms with E-state index in [9.17, 15) is 4.79 Å². The molecule has 1 aromatic heterocycles. The molecule has 0 aromatic carbocycles. The fraction of sp³-hybridized carbons (Fsp3) is 0.500. The Labute approximate surface area is 101 Å². The summed E-state index contributed by atoms with van der Waals surface area (Å²) in [6.45, 7) is 6.93. The smallest absolute Gasteiger partial charge is 0.354 e. The number of nitrogens with zero attached hydrogens (tertiary/aromatic N) is 2. The van der Waals surface area contributed by atoms with Gasteiger partial charge in [0.2, 0.25) is 0 Å². The number of rotatable bonds is 5. The normalized spacial score (nSPS) is 10.6. The van der Waals surface area contributed by atoms with E-state index in [0.29, 0.717) is 11.5 Å². The Hall–Kier alpha value is -1.78. The Bertz CT molecular complexity index is 405. The monoisotopic (exact) mass is 237 g/mol. The zero-order valence-corrected chi connectivity index (χ0v) is 10.5. The molecule has 0 aliphatic carbocycles. The SMILES string of the molecule is CCCN(c1nc(C(=O)O)ccc1N)C(C)C. The molecule has 5 nitrogen and oxygen atoms in total. The summed E-state index contributed by atoms with van der Waals surface area (Å²) >= 11 is 0. The van der Waals surface area contributed by atoms with Gasteiger partial charge in [0.05, 0.1) is 5.69 Å². The lowest BCUT2D eigenvalue weighted by Crippen LogP contribution is -2.33. The Morgan fingerprint density at radius 3 is 2.65 bits per heavy atom. The van der Waals surface area contributed by atoms with Gasteiger partial charge in [-0.05, 0) is 32.4 Å². The lowest BCUT2D eigenvalue weighted by atomic mass is 10.2. The second kappa shape index (κ2) is 5.52. The summed E-state index contributed by atoms with van der Waals surface area (Å²) in [6.07, 6.45) is 0.955. The van der Waals surface area contributed by atoms with Crippen LogP contribution in [0.2, 0.25) is 0 Å². The molecular weight excluding hydrogens is 218 g/mol. The predicted molar refractivity (Wildman–Crippen MR) is 68.4 cm³/mol. The standard InChI is InChI=1S/C12H19N3O2/c1-4-7-15(8(2)3)11-9(13)5-6-10(14-11)12(16)17/h5-6,8H,4,7,13H2,1-3H3,(H,16,17). The van der Waals surface area contributed by atoms with Gasteiger partial charge in [0, 0.05) is 12.6 Å². The first kappa shape index (κ1) is 13.3. The zero-order valence-electron chi connectivity index (χ0n) is 10.5. The van der Waals surface area contributed by atoms with E-state index in [2.05, 4.69) is 11.9 Å². The van der Waals surface area contributed by atoms with Crippen LogP contribution in [0.15, 0.2) is 12.1 Å². The lowest BCUT2D eigenvalue weighted by molar-refractivity contribution is 0.0690. The Kier molecular flexibility index (Phi) is 4.31. The van der Waals surface area contributed by atoms with E-state index in [1.165, 1.54) is 6.07 Å². The van der Waals surface area contributed by atoms with Gasteiger partial charge in [0.1, 0.15) is 0 Å². The van der Waals surface area contributed by atoms with E-state index in [1.54, 1.807) is 6.07 Å². The number of aromatic nitrogens is 1. The van der Waals surface area contributed by atoms with Crippen molar-refractivity contribution in [2.45, 2.75) is 33.2 Å². The molecule has 0 fully saturated rings. The number of anilines is 2. The molecule has 0 saturated heterocycles. The maximum Gasteiger partial charge on any atom is 0.354 e. The van der Waals surface area contributed by atoms with E-state index in [-0.39, 0.29) is 11.7 Å². The number of pyridine rings is 1. The largest absolute Gasteiger partial charge is 0.477 e. The van der Waals surface area contributed by atoms with Gasteiger partial charge >= 0.3 is 5.97 Å². The highest BCUT2D eigenvalue weighted by Crippen LogP contribution is 2.23. The maximum atomic E-state index is 10.9. The predicted octanol–water partition coefficient (Wildman–Crippen LogP) is 1.99. The summed E-state index contributed by atoms with van der Waals surface area (Å²) < 4.78 is 0. The van der Waals surface area contributed by atoms with Crippen molar-refractivity contribution in [3.63, 3.8) is 0 Å². The summed E-state index contributed by atoms with van der Waals surface area (Å²) in [5.74, 6) is -0.479. The molecule has 5 heteroatoms. The minimum absolute atomic E-state index is 0.0240. The van der Waals surface area contributed by atoms with Gasteiger partial charge in [-0.3, -0.25) is 0 Å². The third-order valence-corrected chi connectivity index (χ3v) is 2.48. The van der Waals surface area contributed by atoms with Crippen LogP contribution in [0.5, 0.6) is 0 Å². The number of hydrogen-bond donors (Lipinski definition) is 2. The van der Waals surface area contributed by atoms with E-state index in [0.717, 1.165) is 13.0 Å². The third-order valence-electron chi connectivity index (χ3n) is 2.48. The summed E-state index contributed by atoms with van der Waals surface area (Å²) in [5, 5.41) is 8.93. The van der Waals surface area contributed by atoms with Crippen LogP contribution in [0.4, 0.5) is 11.5 Å². The molecule has 1 heterocycles. The van der Waals surface area contributed by atoms with Crippen LogP contribution < -0.4 is 10.6 Å². The number of carbonyl (C=O) groups is 1. The maximum absolute atomic E-state index is 10.9. The third kappa shape index (κ3) is 3.09. The van der Waals surface area contributed by atoms with Crippen molar-refractivity contribution < 1.29 is 9.90 Å². The van der Waals surface area contributed by atoms with Crippen molar-refractivity contribution in [3.05, 3.63) is 17.8 Å². The molecule has 0 amide bonds. The topological polar surface area (TPSA) is 79.5 Å². The van der Waals surface area contributed by atoms with Gasteiger partial charge in [-0.25, -0.2) is 9.78 Å². The van der Waals surface area contributed by atoms with Gasteiger partial charge in [-0.1, -0.05) is 6.92 Å². The average Bonchev–Trinajstić information content (AvgIpc) is 2.26. The van der Waals surface area contributed by atoms with Gasteiger partial charge in [-0.2, -0.15) is 0 Å². The molecule has 0 bridgehead atoms. The molecule has 0 aliphatic rings. The van der Waals surface area contributed by atoms with E-state index in [4.69, 9.17) is 10.8 Å². The highest BCUT2D eigenvalue weighted by atomic mass is 16.4. The molecule has 0 unspecified atom stereocenters. The van der Waals surface area contributed by atoms with Crippen LogP contribution in [-0.4, -0.2) is 28.6 Å². The molecule has 3 N–H and O–H groups in total. The molecule has 0 spiro atoms. The molecule has 1 rings (SSSR count). The summed E-state index contributed by atoms with van der Waals surface area (Å²) in [5.41, 5.74) is 6.40. The van der Waals surface area contributed by atoms with Crippen molar-refractivity contribution in [1.82, 2.24) is 4.98 Å². The Morgan fingerprint density at radius 1 is 1.53 bits per heavy atom. The summed E-state index contributed by atoms with van der Waals surface area (Å²) in [6, 6.07) is 3.25. The number of nitrogens with two attached hydrogens (primary N) is 1. The van der Waals surface area contributed by atoms with Gasteiger partial charge in [0.15, 0.2) is 11.5 Å². The zero-order chi connectivity index (χ0) is 13.0. The Morgan fingerprint density at radius 2 is 2.18 bits per heavy atom. The number of aromatic carboxylic acids is 1. The lowest BCUT2D eigenvalue weighted by Gasteiger charge is -2.28. The minimum atomic E-state index is -1.04. The van der Waals surface area contributed by atoms with Crippen LogP contribution in [0.3, 0.4) is 0 Å². The van der Waals surface area contributed by atoms with Crippen molar-refractivity contribution >= 4 is 17.5 Å². The average molecular weight is 237 g/mol. The summed E-state index contributed by atoms with van der Waals surface area (Å²) in [4.78, 5) is 17.0. The van der Waals surface area contributed by atoms with Gasteiger partial charge < -0.3 is 15.7 Å². The number of hydrogen-bond acceptors (Lipinski definition) is 4. The molecule has 1 aromatic rings.